The molecule has 2 aromatic heterocycles. The fraction of sp³-hybridized carbons (Fsp3) is 0.0625. The highest BCUT2D eigenvalue weighted by atomic mass is 16.7. The Morgan fingerprint density at radius 1 is 0.347 bits per heavy atom. The van der Waals surface area contributed by atoms with E-state index in [0.29, 0.717) is 6.42 Å². The summed E-state index contributed by atoms with van der Waals surface area (Å²) in [5.74, 6) is 1.74. The lowest BCUT2D eigenvalue weighted by molar-refractivity contribution is -0.874. The highest BCUT2D eigenvalue weighted by Gasteiger charge is 2.35. The molecular formula is C64H49BN2O5. The second-order valence-corrected chi connectivity index (χ2v) is 17.8. The zero-order valence-electron chi connectivity index (χ0n) is 39.5. The van der Waals surface area contributed by atoms with Crippen LogP contribution in [0.4, 0.5) is 0 Å². The van der Waals surface area contributed by atoms with Crippen molar-refractivity contribution >= 4 is 72.0 Å². The van der Waals surface area contributed by atoms with Gasteiger partial charge < -0.3 is 14.7 Å². The molecular weight excluding hydrogens is 888 g/mol. The Balaban J connectivity index is 0.000000117. The third kappa shape index (κ3) is 9.26. The molecule has 11 aromatic carbocycles. The largest absolute Gasteiger partial charge is 0.871 e. The summed E-state index contributed by atoms with van der Waals surface area (Å²) in [6.45, 7) is 0.159. The first kappa shape index (κ1) is 45.8. The predicted octanol–water partition coefficient (Wildman–Crippen LogP) is 12.0. The molecule has 0 aliphatic heterocycles. The van der Waals surface area contributed by atoms with Crippen molar-refractivity contribution in [3.63, 3.8) is 0 Å². The molecule has 0 N–H and O–H groups in total. The van der Waals surface area contributed by atoms with Crippen LogP contribution in [-0.2, 0) is 10.1 Å². The first-order valence-electron chi connectivity index (χ1n) is 24.3. The third-order valence-electron chi connectivity index (χ3n) is 13.5. The van der Waals surface area contributed by atoms with E-state index in [4.69, 9.17) is 14.3 Å². The van der Waals surface area contributed by atoms with E-state index >= 15 is 0 Å². The second-order valence-electron chi connectivity index (χ2n) is 17.8. The highest BCUT2D eigenvalue weighted by molar-refractivity contribution is 6.28. The summed E-state index contributed by atoms with van der Waals surface area (Å²) in [4.78, 5) is 12.1. The van der Waals surface area contributed by atoms with Crippen LogP contribution in [0.5, 0.6) is 11.5 Å². The molecule has 13 rings (SSSR count). The molecule has 0 amide bonds. The van der Waals surface area contributed by atoms with E-state index in [0.717, 1.165) is 28.7 Å². The summed E-state index contributed by atoms with van der Waals surface area (Å²) in [5, 5.41) is 36.4. The first-order valence-corrected chi connectivity index (χ1v) is 24.3. The van der Waals surface area contributed by atoms with E-state index in [1.54, 1.807) is 9.46 Å². The molecule has 0 unspecified atom stereocenters. The molecule has 0 aliphatic rings. The lowest BCUT2D eigenvalue weighted by Gasteiger charge is -2.37. The molecule has 0 atom stereocenters. The van der Waals surface area contributed by atoms with Crippen molar-refractivity contribution in [3.8, 4) is 11.5 Å². The van der Waals surface area contributed by atoms with Gasteiger partial charge in [-0.3, -0.25) is 0 Å². The van der Waals surface area contributed by atoms with Gasteiger partial charge in [-0.05, 0) is 96.9 Å². The molecule has 13 aromatic rings. The minimum atomic E-state index is -2.23. The Hall–Kier alpha value is -8.66. The second kappa shape index (κ2) is 20.7. The smallest absolute Gasteiger partial charge is 0.223 e. The summed E-state index contributed by atoms with van der Waals surface area (Å²) in [5.41, 5.74) is 3.17. The van der Waals surface area contributed by atoms with Crippen LogP contribution in [-0.4, -0.2) is 13.9 Å². The van der Waals surface area contributed by atoms with Gasteiger partial charge in [-0.25, -0.2) is 9.68 Å². The Bertz CT molecular complexity index is 3530. The fourth-order valence-electron chi connectivity index (χ4n) is 10.3. The molecule has 0 bridgehead atoms. The zero-order chi connectivity index (χ0) is 48.7. The Kier molecular flexibility index (Phi) is 13.2. The van der Waals surface area contributed by atoms with Crippen LogP contribution in [0.25, 0.3) is 64.6 Å². The standard InChI is InChI=1S/C22H21BO3.2C21H14NO/c24-23(25)26-18-10-17-22(19-11-4-1-5-12-19,20-13-6-2-7-14-20)21-15-8-3-9-16-21;2*1-2-13-22(14-3-1)23-19-12-10-17-8-7-15-5-4-6-16-9-11-18(19)21(17)20(15)16/h1-9,11-16H,10,17-18H2;2*1-14H/q-2;2*+1. The minimum absolute atomic E-state index is 0.159. The van der Waals surface area contributed by atoms with Gasteiger partial charge >= 0.3 is 0 Å². The van der Waals surface area contributed by atoms with E-state index < -0.39 is 7.32 Å². The third-order valence-corrected chi connectivity index (χ3v) is 13.5. The minimum Gasteiger partial charge on any atom is -0.871 e. The molecule has 2 heterocycles. The number of hydrogen-bond acceptors (Lipinski definition) is 5. The van der Waals surface area contributed by atoms with Crippen molar-refractivity contribution in [3.05, 3.63) is 278 Å². The van der Waals surface area contributed by atoms with Crippen LogP contribution in [0.2, 0.25) is 0 Å². The van der Waals surface area contributed by atoms with Gasteiger partial charge in [0.25, 0.3) is 0 Å². The van der Waals surface area contributed by atoms with E-state index in [2.05, 4.69) is 133 Å². The maximum Gasteiger partial charge on any atom is 0.223 e. The normalized spacial score (nSPS) is 11.4. The van der Waals surface area contributed by atoms with Crippen LogP contribution < -0.4 is 29.2 Å². The van der Waals surface area contributed by atoms with Crippen molar-refractivity contribution in [1.82, 2.24) is 0 Å². The summed E-state index contributed by atoms with van der Waals surface area (Å²) in [7, 11) is -2.23. The van der Waals surface area contributed by atoms with Gasteiger partial charge in [-0.1, -0.05) is 188 Å². The molecule has 8 heteroatoms. The van der Waals surface area contributed by atoms with Gasteiger partial charge in [-0.15, -0.1) is 0 Å². The van der Waals surface area contributed by atoms with E-state index in [1.807, 2.05) is 128 Å². The molecule has 348 valence electrons. The number of rotatable bonds is 12. The lowest BCUT2D eigenvalue weighted by Crippen LogP contribution is -2.48. The number of hydrogen-bond donors (Lipinski definition) is 0. The van der Waals surface area contributed by atoms with Crippen LogP contribution in [0.3, 0.4) is 0 Å². The number of aromatic nitrogens is 2. The van der Waals surface area contributed by atoms with Gasteiger partial charge in [0, 0.05) is 67.3 Å². The number of nitrogens with zero attached hydrogens (tertiary/aromatic N) is 2. The van der Waals surface area contributed by atoms with Gasteiger partial charge in [0.15, 0.2) is 0 Å². The molecule has 0 saturated carbocycles. The topological polar surface area (TPSA) is 81.6 Å². The summed E-state index contributed by atoms with van der Waals surface area (Å²) in [6.07, 6.45) is 8.95. The van der Waals surface area contributed by atoms with Crippen molar-refractivity contribution in [2.75, 3.05) is 6.61 Å². The van der Waals surface area contributed by atoms with Gasteiger partial charge in [0.05, 0.1) is 7.32 Å². The molecule has 0 spiro atoms. The number of benzene rings is 11. The summed E-state index contributed by atoms with van der Waals surface area (Å²) >= 11 is 0. The van der Waals surface area contributed by atoms with E-state index in [9.17, 15) is 10.0 Å². The van der Waals surface area contributed by atoms with E-state index in [1.165, 1.54) is 70.6 Å². The fourth-order valence-corrected chi connectivity index (χ4v) is 10.3. The van der Waals surface area contributed by atoms with Crippen molar-refractivity contribution in [1.29, 1.82) is 0 Å². The Morgan fingerprint density at radius 2 is 0.681 bits per heavy atom. The maximum atomic E-state index is 10.7. The number of pyridine rings is 2. The Labute approximate surface area is 418 Å². The summed E-state index contributed by atoms with van der Waals surface area (Å²) in [6, 6.07) is 81.5. The predicted molar refractivity (Wildman–Crippen MR) is 286 cm³/mol. The molecule has 0 saturated heterocycles. The monoisotopic (exact) mass is 936 g/mol. The molecule has 0 aliphatic carbocycles. The van der Waals surface area contributed by atoms with Gasteiger partial charge in [-0.2, -0.15) is 0 Å². The van der Waals surface area contributed by atoms with Crippen LogP contribution in [0.1, 0.15) is 29.5 Å². The lowest BCUT2D eigenvalue weighted by atomic mass is 9.67. The molecule has 0 fully saturated rings. The average Bonchev–Trinajstić information content (AvgIpc) is 3.44. The van der Waals surface area contributed by atoms with Crippen LogP contribution >= 0.6 is 0 Å². The SMILES string of the molecule is [O-]B([O-])OCCCC(c1ccccc1)(c1ccccc1)c1ccccc1.c1cc[n+](Oc2ccc3ccc4cccc5ccc2c3c45)cc1.c1cc[n+](Oc2ccc3ccc4cccc5ccc2c3c45)cc1. The average molecular weight is 937 g/mol. The first-order chi connectivity index (χ1) is 35.5. The maximum absolute atomic E-state index is 10.7. The van der Waals surface area contributed by atoms with E-state index in [-0.39, 0.29) is 12.0 Å². The highest BCUT2D eigenvalue weighted by Crippen LogP contribution is 2.44. The molecule has 72 heavy (non-hydrogen) atoms. The zero-order valence-corrected chi connectivity index (χ0v) is 39.5. The van der Waals surface area contributed by atoms with Crippen molar-refractivity contribution < 1.29 is 33.8 Å². The Morgan fingerprint density at radius 3 is 1.06 bits per heavy atom. The van der Waals surface area contributed by atoms with Crippen LogP contribution in [0.15, 0.2) is 261 Å². The quantitative estimate of drug-likeness (QED) is 0.0401. The van der Waals surface area contributed by atoms with Crippen molar-refractivity contribution in [2.24, 2.45) is 0 Å². The van der Waals surface area contributed by atoms with Crippen molar-refractivity contribution in [2.45, 2.75) is 18.3 Å². The molecule has 7 nitrogen and oxygen atoms in total. The van der Waals surface area contributed by atoms with Gasteiger partial charge in [0.1, 0.15) is 0 Å². The van der Waals surface area contributed by atoms with Crippen LogP contribution in [0, 0.1) is 0 Å². The summed E-state index contributed by atoms with van der Waals surface area (Å²) < 4.78 is 8.19. The molecule has 0 radical (unpaired) electrons. The van der Waals surface area contributed by atoms with Gasteiger partial charge in [0.2, 0.25) is 36.3 Å².